The molecule has 4 rings (SSSR count). The van der Waals surface area contributed by atoms with Gasteiger partial charge in [-0.05, 0) is 48.0 Å². The molecule has 0 aliphatic carbocycles. The van der Waals surface area contributed by atoms with E-state index in [4.69, 9.17) is 13.9 Å². The summed E-state index contributed by atoms with van der Waals surface area (Å²) in [4.78, 5) is 37.4. The van der Waals surface area contributed by atoms with Crippen LogP contribution in [-0.4, -0.2) is 25.8 Å². The Morgan fingerprint density at radius 2 is 1.69 bits per heavy atom. The van der Waals surface area contributed by atoms with E-state index in [0.29, 0.717) is 28.0 Å². The van der Waals surface area contributed by atoms with Crippen molar-refractivity contribution in [3.8, 4) is 11.5 Å². The van der Waals surface area contributed by atoms with Gasteiger partial charge >= 0.3 is 5.63 Å². The summed E-state index contributed by atoms with van der Waals surface area (Å²) in [6, 6.07) is 17.2. The van der Waals surface area contributed by atoms with E-state index in [1.807, 2.05) is 0 Å². The zero-order valence-corrected chi connectivity index (χ0v) is 20.7. The Morgan fingerprint density at radius 1 is 0.971 bits per heavy atom. The summed E-state index contributed by atoms with van der Waals surface area (Å²) in [5.74, 6) is 0.610. The van der Waals surface area contributed by atoms with Crippen molar-refractivity contribution in [1.29, 1.82) is 0 Å². The lowest BCUT2D eigenvalue weighted by atomic mass is 10.1. The van der Waals surface area contributed by atoms with Gasteiger partial charge in [0.2, 0.25) is 12.3 Å². The number of halogens is 1. The van der Waals surface area contributed by atoms with Crippen molar-refractivity contribution in [3.05, 3.63) is 106 Å². The second-order valence-electron chi connectivity index (χ2n) is 7.48. The zero-order valence-electron chi connectivity index (χ0n) is 19.1. The number of carbonyl (C=O) groups is 2. The predicted molar refractivity (Wildman–Crippen MR) is 126 cm³/mol. The molecular weight excluding hydrogens is 514 g/mol. The Bertz CT molecular complexity index is 1440. The lowest BCUT2D eigenvalue weighted by Gasteiger charge is -2.04. The number of carbonyl (C=O) groups excluding carboxylic acids is 2. The Labute approximate surface area is 212 Å². The van der Waals surface area contributed by atoms with Crippen molar-refractivity contribution in [1.82, 2.24) is 0 Å². The van der Waals surface area contributed by atoms with Crippen LogP contribution in [0.4, 0.5) is 0 Å². The van der Waals surface area contributed by atoms with Gasteiger partial charge in [0.25, 0.3) is 0 Å². The third-order valence-corrected chi connectivity index (χ3v) is 5.29. The predicted octanol–water partition coefficient (Wildman–Crippen LogP) is 0.881. The molecule has 2 heterocycles. The molecule has 35 heavy (non-hydrogen) atoms. The fourth-order valence-electron chi connectivity index (χ4n) is 3.43. The highest BCUT2D eigenvalue weighted by Crippen LogP contribution is 2.24. The Morgan fingerprint density at radius 3 is 2.34 bits per heavy atom. The molecule has 7 nitrogen and oxygen atoms in total. The molecule has 0 unspecified atom stereocenters. The maximum Gasteiger partial charge on any atom is 0.347 e. The number of methoxy groups -OCH3 is 2. The fraction of sp³-hybridized carbons (Fsp3) is 0.111. The molecule has 0 saturated heterocycles. The van der Waals surface area contributed by atoms with Gasteiger partial charge < -0.3 is 30.9 Å². The molecule has 0 N–H and O–H groups in total. The highest BCUT2D eigenvalue weighted by molar-refractivity contribution is 6.08. The standard InChI is InChI=1S/C27H22NO6.BrH/c1-32-21-9-7-19(8-10-21)24(30)17-28-14-12-18(13-15-28)6-11-23(29)22-16-20-4-3-5-25(33-2)26(20)34-27(22)31;/h3-16H,17H2,1-2H3;1H/q+1;/p-1/b11-6+;. The average molecular weight is 536 g/mol. The first kappa shape index (κ1) is 25.6. The Kier molecular flexibility index (Phi) is 8.33. The highest BCUT2D eigenvalue weighted by atomic mass is 79.9. The maximum absolute atomic E-state index is 12.6. The number of para-hydroxylation sites is 1. The van der Waals surface area contributed by atoms with Crippen LogP contribution in [0.2, 0.25) is 0 Å². The van der Waals surface area contributed by atoms with Crippen molar-refractivity contribution < 1.29 is 45.0 Å². The van der Waals surface area contributed by atoms with Gasteiger partial charge in [0.1, 0.15) is 11.3 Å². The molecule has 178 valence electrons. The van der Waals surface area contributed by atoms with Gasteiger partial charge in [0.15, 0.2) is 29.5 Å². The van der Waals surface area contributed by atoms with Gasteiger partial charge in [-0.2, -0.15) is 4.57 Å². The van der Waals surface area contributed by atoms with E-state index < -0.39 is 11.4 Å². The normalized spacial score (nSPS) is 10.7. The molecule has 0 amide bonds. The fourth-order valence-corrected chi connectivity index (χ4v) is 3.43. The van der Waals surface area contributed by atoms with Gasteiger partial charge in [-0.15, -0.1) is 0 Å². The van der Waals surface area contributed by atoms with Crippen LogP contribution in [0, 0.1) is 0 Å². The van der Waals surface area contributed by atoms with Gasteiger partial charge in [-0.25, -0.2) is 4.79 Å². The molecule has 8 heteroatoms. The van der Waals surface area contributed by atoms with Gasteiger partial charge in [0, 0.05) is 23.1 Å². The molecule has 0 fully saturated rings. The highest BCUT2D eigenvalue weighted by Gasteiger charge is 2.14. The summed E-state index contributed by atoms with van der Waals surface area (Å²) in [5.41, 5.74) is 0.845. The van der Waals surface area contributed by atoms with Crippen LogP contribution in [0.5, 0.6) is 11.5 Å². The molecular formula is C27H22BrNO6. The minimum Gasteiger partial charge on any atom is -1.00 e. The summed E-state index contributed by atoms with van der Waals surface area (Å²) in [6.45, 7) is 0.177. The van der Waals surface area contributed by atoms with Crippen molar-refractivity contribution in [2.75, 3.05) is 14.2 Å². The lowest BCUT2D eigenvalue weighted by Crippen LogP contribution is -3.00. The molecule has 4 aromatic rings. The second kappa shape index (κ2) is 11.4. The number of allylic oxidation sites excluding steroid dienone is 1. The van der Waals surface area contributed by atoms with E-state index in [2.05, 4.69) is 0 Å². The third kappa shape index (κ3) is 5.91. The van der Waals surface area contributed by atoms with E-state index in [1.165, 1.54) is 19.3 Å². The molecule has 0 aliphatic rings. The van der Waals surface area contributed by atoms with Crippen LogP contribution in [0.15, 0.2) is 88.3 Å². The summed E-state index contributed by atoms with van der Waals surface area (Å²) in [7, 11) is 3.06. The van der Waals surface area contributed by atoms with E-state index in [9.17, 15) is 14.4 Å². The first-order valence-electron chi connectivity index (χ1n) is 10.5. The summed E-state index contributed by atoms with van der Waals surface area (Å²) >= 11 is 0. The van der Waals surface area contributed by atoms with E-state index in [-0.39, 0.29) is 34.9 Å². The number of hydrogen-bond acceptors (Lipinski definition) is 6. The first-order valence-corrected chi connectivity index (χ1v) is 10.5. The van der Waals surface area contributed by atoms with Crippen molar-refractivity contribution >= 4 is 28.6 Å². The van der Waals surface area contributed by atoms with Crippen LogP contribution in [0.25, 0.3) is 17.0 Å². The lowest BCUT2D eigenvalue weighted by molar-refractivity contribution is -0.683. The zero-order chi connectivity index (χ0) is 24.1. The minimum atomic E-state index is -0.727. The number of ether oxygens (including phenoxy) is 2. The Balaban J connectivity index is 0.00000342. The monoisotopic (exact) mass is 535 g/mol. The number of hydrogen-bond donors (Lipinski definition) is 0. The molecule has 0 bridgehead atoms. The summed E-state index contributed by atoms with van der Waals surface area (Å²) in [6.07, 6.45) is 6.43. The number of benzene rings is 2. The Hall–Kier alpha value is -4.04. The number of aromatic nitrogens is 1. The average Bonchev–Trinajstić information content (AvgIpc) is 2.87. The second-order valence-corrected chi connectivity index (χ2v) is 7.48. The molecule has 2 aromatic carbocycles. The van der Waals surface area contributed by atoms with Crippen LogP contribution >= 0.6 is 0 Å². The minimum absolute atomic E-state index is 0. The van der Waals surface area contributed by atoms with Crippen molar-refractivity contribution in [2.45, 2.75) is 6.54 Å². The SMILES string of the molecule is COc1ccc(C(=O)C[n+]2ccc(/C=C/C(=O)c3cc4cccc(OC)c4oc3=O)cc2)cc1.[Br-]. The van der Waals surface area contributed by atoms with Crippen LogP contribution < -0.4 is 36.6 Å². The van der Waals surface area contributed by atoms with Gasteiger partial charge in [0.05, 0.1) is 14.2 Å². The quantitative estimate of drug-likeness (QED) is 0.144. The van der Waals surface area contributed by atoms with Crippen molar-refractivity contribution in [3.63, 3.8) is 0 Å². The molecule has 0 aliphatic heterocycles. The maximum atomic E-state index is 12.6. The van der Waals surface area contributed by atoms with E-state index in [1.54, 1.807) is 84.7 Å². The molecule has 0 atom stereocenters. The number of pyridine rings is 1. The summed E-state index contributed by atoms with van der Waals surface area (Å²) in [5, 5.41) is 0.595. The number of fused-ring (bicyclic) bond motifs is 1. The van der Waals surface area contributed by atoms with Crippen LogP contribution in [0.1, 0.15) is 26.3 Å². The van der Waals surface area contributed by atoms with E-state index >= 15 is 0 Å². The topological polar surface area (TPSA) is 86.7 Å². The van der Waals surface area contributed by atoms with Crippen LogP contribution in [0.3, 0.4) is 0 Å². The van der Waals surface area contributed by atoms with Crippen LogP contribution in [-0.2, 0) is 6.54 Å². The van der Waals surface area contributed by atoms with Gasteiger partial charge in [-0.3, -0.25) is 9.59 Å². The smallest absolute Gasteiger partial charge is 0.347 e. The number of ketones is 2. The van der Waals surface area contributed by atoms with E-state index in [0.717, 1.165) is 5.56 Å². The van der Waals surface area contributed by atoms with Crippen molar-refractivity contribution in [2.24, 2.45) is 0 Å². The molecule has 0 spiro atoms. The molecule has 0 radical (unpaired) electrons. The first-order chi connectivity index (χ1) is 16.5. The third-order valence-electron chi connectivity index (χ3n) is 5.29. The number of rotatable bonds is 8. The number of nitrogens with zero attached hydrogens (tertiary/aromatic N) is 1. The summed E-state index contributed by atoms with van der Waals surface area (Å²) < 4.78 is 17.4. The molecule has 0 saturated carbocycles. The molecule has 2 aromatic heterocycles. The number of Topliss-reactive ketones (excluding diaryl/α,β-unsaturated/α-hetero) is 1. The van der Waals surface area contributed by atoms with Gasteiger partial charge in [-0.1, -0.05) is 18.2 Å². The largest absolute Gasteiger partial charge is 1.00 e.